The number of hydrogen-bond acceptors (Lipinski definition) is 6. The summed E-state index contributed by atoms with van der Waals surface area (Å²) >= 11 is 0. The molecule has 0 spiro atoms. The van der Waals surface area contributed by atoms with Gasteiger partial charge < -0.3 is 25.2 Å². The number of para-hydroxylation sites is 1. The molecule has 0 unspecified atom stereocenters. The molecule has 4 amide bonds. The monoisotopic (exact) mass is 615 g/mol. The summed E-state index contributed by atoms with van der Waals surface area (Å²) in [4.78, 5) is 59.9. The van der Waals surface area contributed by atoms with Crippen molar-refractivity contribution in [2.24, 2.45) is 11.8 Å². The van der Waals surface area contributed by atoms with Gasteiger partial charge in [-0.05, 0) is 62.5 Å². The predicted octanol–water partition coefficient (Wildman–Crippen LogP) is 2.36. The third kappa shape index (κ3) is 7.49. The quantitative estimate of drug-likeness (QED) is 0.535. The number of nitrogens with one attached hydrogen (secondary N) is 2. The highest BCUT2D eigenvalue weighted by Crippen LogP contribution is 2.36. The molecular formula is C35H45N5O5. The number of amides is 4. The Morgan fingerprint density at radius 3 is 2.62 bits per heavy atom. The lowest BCUT2D eigenvalue weighted by atomic mass is 9.77. The van der Waals surface area contributed by atoms with Gasteiger partial charge in [-0.2, -0.15) is 0 Å². The molecule has 0 aromatic heterocycles. The van der Waals surface area contributed by atoms with Crippen LogP contribution in [0, 0.1) is 11.8 Å². The van der Waals surface area contributed by atoms with Crippen molar-refractivity contribution in [3.8, 4) is 5.75 Å². The number of benzene rings is 2. The average Bonchev–Trinajstić information content (AvgIpc) is 3.25. The normalized spacial score (nSPS) is 27.8. The van der Waals surface area contributed by atoms with Gasteiger partial charge in [-0.25, -0.2) is 0 Å². The van der Waals surface area contributed by atoms with Crippen molar-refractivity contribution in [1.82, 2.24) is 25.3 Å². The van der Waals surface area contributed by atoms with Crippen molar-refractivity contribution in [2.45, 2.75) is 70.1 Å². The molecule has 3 saturated heterocycles. The molecule has 2 aromatic rings. The Morgan fingerprint density at radius 2 is 1.78 bits per heavy atom. The maximum absolute atomic E-state index is 13.9. The van der Waals surface area contributed by atoms with Crippen LogP contribution in [0.25, 0.3) is 0 Å². The van der Waals surface area contributed by atoms with Gasteiger partial charge in [0.25, 0.3) is 0 Å². The minimum Gasteiger partial charge on any atom is -0.492 e. The SMILES string of the molecule is C[C@H]1NC(=O)[C@H](CCc2ccccc2)NC(=O)CCC[C@H]2[C@@H]3C[C@@H](CN(C(=O)CN4CCOc5ccccc5C4)C3)CN2C1=O. The van der Waals surface area contributed by atoms with Gasteiger partial charge in [0, 0.05) is 50.7 Å². The summed E-state index contributed by atoms with van der Waals surface area (Å²) in [5.74, 6) is 0.747. The number of hydrogen-bond donors (Lipinski definition) is 2. The number of carbonyl (C=O) groups is 4. The highest BCUT2D eigenvalue weighted by Gasteiger charge is 2.45. The van der Waals surface area contributed by atoms with E-state index in [1.54, 1.807) is 6.92 Å². The Balaban J connectivity index is 1.10. The fourth-order valence-electron chi connectivity index (χ4n) is 7.57. The Hall–Kier alpha value is -3.92. The molecule has 0 radical (unpaired) electrons. The maximum atomic E-state index is 13.9. The van der Waals surface area contributed by atoms with Crippen LogP contribution in [0.4, 0.5) is 0 Å². The van der Waals surface area contributed by atoms with Crippen LogP contribution in [-0.2, 0) is 32.1 Å². The highest BCUT2D eigenvalue weighted by atomic mass is 16.5. The minimum atomic E-state index is -0.708. The number of rotatable bonds is 5. The molecule has 5 atom stereocenters. The number of fused-ring (bicyclic) bond motifs is 5. The van der Waals surface area contributed by atoms with Crippen LogP contribution >= 0.6 is 0 Å². The van der Waals surface area contributed by atoms with Crippen LogP contribution in [0.2, 0.25) is 0 Å². The summed E-state index contributed by atoms with van der Waals surface area (Å²) in [5, 5.41) is 5.85. The second kappa shape index (κ2) is 14.0. The summed E-state index contributed by atoms with van der Waals surface area (Å²) < 4.78 is 5.89. The number of ether oxygens (including phenoxy) is 1. The van der Waals surface area contributed by atoms with Crippen molar-refractivity contribution < 1.29 is 23.9 Å². The predicted molar refractivity (Wildman–Crippen MR) is 169 cm³/mol. The summed E-state index contributed by atoms with van der Waals surface area (Å²) in [6, 6.07) is 16.4. The van der Waals surface area contributed by atoms with Crippen molar-refractivity contribution >= 4 is 23.6 Å². The van der Waals surface area contributed by atoms with E-state index < -0.39 is 12.1 Å². The molecule has 10 nitrogen and oxygen atoms in total. The molecule has 10 heteroatoms. The van der Waals surface area contributed by atoms with Crippen LogP contribution in [0.3, 0.4) is 0 Å². The smallest absolute Gasteiger partial charge is 0.245 e. The van der Waals surface area contributed by atoms with Gasteiger partial charge in [0.1, 0.15) is 24.4 Å². The Bertz CT molecular complexity index is 1390. The second-order valence-electron chi connectivity index (χ2n) is 13.2. The lowest BCUT2D eigenvalue weighted by Crippen LogP contribution is -2.63. The molecule has 4 heterocycles. The van der Waals surface area contributed by atoms with E-state index in [9.17, 15) is 19.2 Å². The minimum absolute atomic E-state index is 0.0803. The van der Waals surface area contributed by atoms with Crippen LogP contribution < -0.4 is 15.4 Å². The van der Waals surface area contributed by atoms with Crippen molar-refractivity contribution in [3.63, 3.8) is 0 Å². The van der Waals surface area contributed by atoms with Crippen LogP contribution in [0.5, 0.6) is 5.75 Å². The Morgan fingerprint density at radius 1 is 0.978 bits per heavy atom. The number of likely N-dealkylation sites (tertiary alicyclic amines) is 1. The first kappa shape index (κ1) is 31.1. The van der Waals surface area contributed by atoms with Crippen molar-refractivity contribution in [2.75, 3.05) is 39.3 Å². The fourth-order valence-corrected chi connectivity index (χ4v) is 7.57. The van der Waals surface area contributed by atoms with E-state index in [1.165, 1.54) is 0 Å². The van der Waals surface area contributed by atoms with E-state index in [0.29, 0.717) is 78.0 Å². The zero-order valence-electron chi connectivity index (χ0n) is 26.2. The van der Waals surface area contributed by atoms with E-state index in [2.05, 4.69) is 15.5 Å². The van der Waals surface area contributed by atoms with Gasteiger partial charge >= 0.3 is 0 Å². The van der Waals surface area contributed by atoms with Gasteiger partial charge in [-0.1, -0.05) is 48.5 Å². The third-order valence-electron chi connectivity index (χ3n) is 9.84. The van der Waals surface area contributed by atoms with E-state index in [1.807, 2.05) is 64.4 Å². The number of piperidine rings is 2. The molecule has 2 bridgehead atoms. The first-order valence-electron chi connectivity index (χ1n) is 16.5. The number of nitrogens with zero attached hydrogens (tertiary/aromatic N) is 3. The van der Waals surface area contributed by atoms with Crippen LogP contribution in [-0.4, -0.2) is 95.8 Å². The van der Waals surface area contributed by atoms with Crippen LogP contribution in [0.15, 0.2) is 54.6 Å². The molecule has 4 aliphatic heterocycles. The van der Waals surface area contributed by atoms with Crippen molar-refractivity contribution in [3.05, 3.63) is 65.7 Å². The molecular weight excluding hydrogens is 570 g/mol. The fraction of sp³-hybridized carbons (Fsp3) is 0.543. The first-order chi connectivity index (χ1) is 21.8. The summed E-state index contributed by atoms with van der Waals surface area (Å²) in [5.41, 5.74) is 2.18. The van der Waals surface area contributed by atoms with Crippen LogP contribution in [0.1, 0.15) is 50.2 Å². The average molecular weight is 616 g/mol. The molecule has 45 heavy (non-hydrogen) atoms. The summed E-state index contributed by atoms with van der Waals surface area (Å²) in [6.45, 7) is 5.75. The lowest BCUT2D eigenvalue weighted by Gasteiger charge is -2.51. The van der Waals surface area contributed by atoms with Crippen molar-refractivity contribution in [1.29, 1.82) is 0 Å². The molecule has 0 saturated carbocycles. The highest BCUT2D eigenvalue weighted by molar-refractivity contribution is 5.92. The third-order valence-corrected chi connectivity index (χ3v) is 9.84. The molecule has 0 aliphatic carbocycles. The second-order valence-corrected chi connectivity index (χ2v) is 13.2. The zero-order valence-corrected chi connectivity index (χ0v) is 26.2. The van der Waals surface area contributed by atoms with Gasteiger partial charge in [0.05, 0.1) is 6.54 Å². The lowest BCUT2D eigenvalue weighted by molar-refractivity contribution is -0.149. The summed E-state index contributed by atoms with van der Waals surface area (Å²) in [7, 11) is 0. The molecule has 6 rings (SSSR count). The van der Waals surface area contributed by atoms with Gasteiger partial charge in [-0.15, -0.1) is 0 Å². The van der Waals surface area contributed by atoms with Gasteiger partial charge in [0.2, 0.25) is 23.6 Å². The Labute approximate surface area is 265 Å². The van der Waals surface area contributed by atoms with Gasteiger partial charge in [-0.3, -0.25) is 24.1 Å². The summed E-state index contributed by atoms with van der Waals surface area (Å²) in [6.07, 6.45) is 3.66. The number of aryl methyl sites for hydroxylation is 1. The molecule has 2 aromatic carbocycles. The van der Waals surface area contributed by atoms with E-state index in [-0.39, 0.29) is 41.5 Å². The van der Waals surface area contributed by atoms with Gasteiger partial charge in [0.15, 0.2) is 0 Å². The molecule has 2 N–H and O–H groups in total. The first-order valence-corrected chi connectivity index (χ1v) is 16.5. The molecule has 4 aliphatic rings. The Kier molecular flexibility index (Phi) is 9.68. The largest absolute Gasteiger partial charge is 0.492 e. The van der Waals surface area contributed by atoms with E-state index >= 15 is 0 Å². The van der Waals surface area contributed by atoms with E-state index in [4.69, 9.17) is 4.74 Å². The maximum Gasteiger partial charge on any atom is 0.245 e. The van der Waals surface area contributed by atoms with E-state index in [0.717, 1.165) is 23.3 Å². The number of carbonyl (C=O) groups excluding carboxylic acids is 4. The molecule has 3 fully saturated rings. The standard InChI is InChI=1S/C35H45N5O5/c1-24-35(44)40-20-26-18-28(22-39(19-26)33(42)23-38-16-17-45-31-12-6-5-10-27(31)21-38)30(40)11-7-13-32(41)37-29(34(43)36-24)15-14-25-8-3-2-4-9-25/h2-6,8-10,12,24,26,28-30H,7,11,13-23H2,1H3,(H,36,43)(H,37,41)/t24-,26+,28-,29+,30+/m1/s1. The topological polar surface area (TPSA) is 111 Å². The zero-order chi connectivity index (χ0) is 31.3. The molecule has 240 valence electrons.